The molecule has 2 heterocycles. The molecule has 0 bridgehead atoms. The lowest BCUT2D eigenvalue weighted by atomic mass is 10.1. The van der Waals surface area contributed by atoms with Gasteiger partial charge in [-0.3, -0.25) is 9.36 Å². The normalized spacial score (nSPS) is 11.1. The Balaban J connectivity index is 2.33. The SMILES string of the molecule is CCn1cnc2sc(-c3ccccc3)c(C)c2c1=O. The highest BCUT2D eigenvalue weighted by Gasteiger charge is 2.14. The molecule has 2 aromatic heterocycles. The van der Waals surface area contributed by atoms with Gasteiger partial charge in [-0.05, 0) is 25.0 Å². The van der Waals surface area contributed by atoms with Gasteiger partial charge < -0.3 is 0 Å². The van der Waals surface area contributed by atoms with E-state index in [0.29, 0.717) is 6.54 Å². The third-order valence-electron chi connectivity index (χ3n) is 3.29. The number of aromatic nitrogens is 2. The molecule has 0 saturated carbocycles. The fourth-order valence-corrected chi connectivity index (χ4v) is 3.39. The summed E-state index contributed by atoms with van der Waals surface area (Å²) in [6, 6.07) is 10.1. The largest absolute Gasteiger partial charge is 0.299 e. The fourth-order valence-electron chi connectivity index (χ4n) is 2.25. The average molecular weight is 270 g/mol. The first-order valence-electron chi connectivity index (χ1n) is 6.26. The molecule has 0 atom stereocenters. The molecule has 0 unspecified atom stereocenters. The van der Waals surface area contributed by atoms with E-state index in [1.165, 1.54) is 0 Å². The predicted molar refractivity (Wildman–Crippen MR) is 79.7 cm³/mol. The average Bonchev–Trinajstić information content (AvgIpc) is 2.78. The summed E-state index contributed by atoms with van der Waals surface area (Å²) >= 11 is 1.59. The van der Waals surface area contributed by atoms with E-state index >= 15 is 0 Å². The summed E-state index contributed by atoms with van der Waals surface area (Å²) in [5, 5.41) is 0.758. The molecule has 19 heavy (non-hydrogen) atoms. The van der Waals surface area contributed by atoms with Crippen molar-refractivity contribution < 1.29 is 0 Å². The van der Waals surface area contributed by atoms with Gasteiger partial charge in [-0.1, -0.05) is 30.3 Å². The lowest BCUT2D eigenvalue weighted by molar-refractivity contribution is 0.718. The van der Waals surface area contributed by atoms with Gasteiger partial charge in [-0.2, -0.15) is 0 Å². The van der Waals surface area contributed by atoms with Gasteiger partial charge in [0.15, 0.2) is 0 Å². The predicted octanol–water partition coefficient (Wildman–Crippen LogP) is 3.45. The van der Waals surface area contributed by atoms with Crippen molar-refractivity contribution in [1.82, 2.24) is 9.55 Å². The van der Waals surface area contributed by atoms with E-state index in [0.717, 1.165) is 26.2 Å². The minimum atomic E-state index is 0.0587. The zero-order valence-corrected chi connectivity index (χ0v) is 11.7. The summed E-state index contributed by atoms with van der Waals surface area (Å²) in [5.74, 6) is 0. The Morgan fingerprint density at radius 2 is 2.00 bits per heavy atom. The van der Waals surface area contributed by atoms with Crippen LogP contribution in [-0.2, 0) is 6.54 Å². The maximum Gasteiger partial charge on any atom is 0.262 e. The van der Waals surface area contributed by atoms with Crippen molar-refractivity contribution in [2.45, 2.75) is 20.4 Å². The number of hydrogen-bond donors (Lipinski definition) is 0. The highest BCUT2D eigenvalue weighted by molar-refractivity contribution is 7.22. The van der Waals surface area contributed by atoms with Gasteiger partial charge in [0, 0.05) is 11.4 Å². The van der Waals surface area contributed by atoms with Crippen LogP contribution in [0, 0.1) is 6.92 Å². The van der Waals surface area contributed by atoms with Gasteiger partial charge in [0.05, 0.1) is 11.7 Å². The summed E-state index contributed by atoms with van der Waals surface area (Å²) < 4.78 is 1.65. The van der Waals surface area contributed by atoms with Crippen LogP contribution in [-0.4, -0.2) is 9.55 Å². The number of rotatable bonds is 2. The van der Waals surface area contributed by atoms with Crippen molar-refractivity contribution in [3.8, 4) is 10.4 Å². The standard InChI is InChI=1S/C15H14N2OS/c1-3-17-9-16-14-12(15(17)18)10(2)13(19-14)11-7-5-4-6-8-11/h4-9H,3H2,1-2H3. The van der Waals surface area contributed by atoms with E-state index in [4.69, 9.17) is 0 Å². The van der Waals surface area contributed by atoms with Crippen LogP contribution in [0.25, 0.3) is 20.7 Å². The van der Waals surface area contributed by atoms with Crippen LogP contribution >= 0.6 is 11.3 Å². The van der Waals surface area contributed by atoms with Crippen LogP contribution in [0.15, 0.2) is 41.5 Å². The van der Waals surface area contributed by atoms with Crippen LogP contribution < -0.4 is 5.56 Å². The third-order valence-corrected chi connectivity index (χ3v) is 4.54. The second kappa shape index (κ2) is 4.63. The Morgan fingerprint density at radius 3 is 2.68 bits per heavy atom. The van der Waals surface area contributed by atoms with Gasteiger partial charge in [-0.25, -0.2) is 4.98 Å². The minimum absolute atomic E-state index is 0.0587. The highest BCUT2D eigenvalue weighted by atomic mass is 32.1. The summed E-state index contributed by atoms with van der Waals surface area (Å²) in [6.07, 6.45) is 1.63. The third kappa shape index (κ3) is 1.88. The van der Waals surface area contributed by atoms with Gasteiger partial charge in [-0.15, -0.1) is 11.3 Å². The maximum atomic E-state index is 12.4. The van der Waals surface area contributed by atoms with Crippen molar-refractivity contribution in [2.24, 2.45) is 0 Å². The Hall–Kier alpha value is -1.94. The van der Waals surface area contributed by atoms with Crippen LogP contribution in [0.5, 0.6) is 0 Å². The molecule has 0 saturated heterocycles. The number of nitrogens with zero attached hydrogens (tertiary/aromatic N) is 2. The molecule has 0 N–H and O–H groups in total. The molecule has 0 aliphatic heterocycles. The van der Waals surface area contributed by atoms with Gasteiger partial charge in [0.25, 0.3) is 5.56 Å². The molecule has 0 radical (unpaired) electrons. The number of thiophene rings is 1. The lowest BCUT2D eigenvalue weighted by Gasteiger charge is -2.00. The van der Waals surface area contributed by atoms with Gasteiger partial charge in [0.1, 0.15) is 4.83 Å². The molecular weight excluding hydrogens is 256 g/mol. The lowest BCUT2D eigenvalue weighted by Crippen LogP contribution is -2.19. The van der Waals surface area contributed by atoms with Crippen molar-refractivity contribution in [3.63, 3.8) is 0 Å². The molecule has 3 nitrogen and oxygen atoms in total. The monoisotopic (exact) mass is 270 g/mol. The van der Waals surface area contributed by atoms with E-state index in [1.807, 2.05) is 32.0 Å². The highest BCUT2D eigenvalue weighted by Crippen LogP contribution is 2.35. The molecule has 0 fully saturated rings. The second-order valence-electron chi connectivity index (χ2n) is 4.44. The topological polar surface area (TPSA) is 34.9 Å². The van der Waals surface area contributed by atoms with E-state index in [-0.39, 0.29) is 5.56 Å². The fraction of sp³-hybridized carbons (Fsp3) is 0.200. The molecule has 1 aromatic carbocycles. The zero-order chi connectivity index (χ0) is 13.4. The smallest absolute Gasteiger partial charge is 0.262 e. The van der Waals surface area contributed by atoms with Crippen LogP contribution in [0.4, 0.5) is 0 Å². The molecule has 3 rings (SSSR count). The van der Waals surface area contributed by atoms with E-state index in [1.54, 1.807) is 22.2 Å². The Kier molecular flexibility index (Phi) is 2.95. The molecule has 0 aliphatic carbocycles. The van der Waals surface area contributed by atoms with Gasteiger partial charge >= 0.3 is 0 Å². The van der Waals surface area contributed by atoms with E-state index in [2.05, 4.69) is 17.1 Å². The summed E-state index contributed by atoms with van der Waals surface area (Å²) in [7, 11) is 0. The Labute approximate surface area is 115 Å². The molecule has 4 heteroatoms. The molecular formula is C15H14N2OS. The van der Waals surface area contributed by atoms with E-state index in [9.17, 15) is 4.79 Å². The first kappa shape index (κ1) is 12.1. The van der Waals surface area contributed by atoms with Crippen molar-refractivity contribution in [2.75, 3.05) is 0 Å². The second-order valence-corrected chi connectivity index (χ2v) is 5.44. The summed E-state index contributed by atoms with van der Waals surface area (Å²) in [4.78, 5) is 18.7. The van der Waals surface area contributed by atoms with Crippen molar-refractivity contribution in [1.29, 1.82) is 0 Å². The first-order valence-corrected chi connectivity index (χ1v) is 7.08. The summed E-state index contributed by atoms with van der Waals surface area (Å²) in [5.41, 5.74) is 2.24. The molecule has 0 aliphatic rings. The Morgan fingerprint density at radius 1 is 1.26 bits per heavy atom. The molecule has 96 valence electrons. The van der Waals surface area contributed by atoms with Crippen LogP contribution in [0.3, 0.4) is 0 Å². The minimum Gasteiger partial charge on any atom is -0.299 e. The number of benzene rings is 1. The van der Waals surface area contributed by atoms with Crippen molar-refractivity contribution in [3.05, 3.63) is 52.6 Å². The molecule has 0 spiro atoms. The van der Waals surface area contributed by atoms with Crippen LogP contribution in [0.2, 0.25) is 0 Å². The molecule has 0 amide bonds. The van der Waals surface area contributed by atoms with Gasteiger partial charge in [0.2, 0.25) is 0 Å². The van der Waals surface area contributed by atoms with E-state index < -0.39 is 0 Å². The zero-order valence-electron chi connectivity index (χ0n) is 10.9. The number of aryl methyl sites for hydroxylation is 2. The van der Waals surface area contributed by atoms with Crippen LogP contribution in [0.1, 0.15) is 12.5 Å². The quantitative estimate of drug-likeness (QED) is 0.715. The number of fused-ring (bicyclic) bond motifs is 1. The number of hydrogen-bond acceptors (Lipinski definition) is 3. The Bertz CT molecular complexity index is 787. The maximum absolute atomic E-state index is 12.4. The molecule has 3 aromatic rings. The summed E-state index contributed by atoms with van der Waals surface area (Å²) in [6.45, 7) is 4.61. The van der Waals surface area contributed by atoms with Crippen molar-refractivity contribution >= 4 is 21.6 Å². The first-order chi connectivity index (χ1) is 9.22.